The molecule has 0 aliphatic carbocycles. The molecule has 1 fully saturated rings. The second-order valence-corrected chi connectivity index (χ2v) is 6.65. The summed E-state index contributed by atoms with van der Waals surface area (Å²) in [4.78, 5) is 29.3. The SMILES string of the molecule is O=C(Oc1ccc2c(C(F)(F)F)cc(=O)oc2c1)c1ccc[nH+]c1N1CCCC1. The van der Waals surface area contributed by atoms with Gasteiger partial charge >= 0.3 is 17.8 Å². The van der Waals surface area contributed by atoms with E-state index < -0.39 is 23.3 Å². The molecular formula is C20H16F3N2O4+. The largest absolute Gasteiger partial charge is 0.423 e. The fourth-order valence-corrected chi connectivity index (χ4v) is 3.40. The van der Waals surface area contributed by atoms with Crippen LogP contribution in [-0.2, 0) is 6.18 Å². The van der Waals surface area contributed by atoms with E-state index in [1.54, 1.807) is 18.3 Å². The Hall–Kier alpha value is -3.36. The van der Waals surface area contributed by atoms with Crippen LogP contribution < -0.4 is 20.2 Å². The van der Waals surface area contributed by atoms with Crippen molar-refractivity contribution in [2.75, 3.05) is 18.0 Å². The van der Waals surface area contributed by atoms with Gasteiger partial charge in [-0.25, -0.2) is 14.6 Å². The first-order chi connectivity index (χ1) is 13.8. The van der Waals surface area contributed by atoms with E-state index >= 15 is 0 Å². The molecule has 29 heavy (non-hydrogen) atoms. The summed E-state index contributed by atoms with van der Waals surface area (Å²) in [5.74, 6) is -0.0692. The molecular weight excluding hydrogens is 389 g/mol. The minimum Gasteiger partial charge on any atom is -0.423 e. The van der Waals surface area contributed by atoms with Crippen molar-refractivity contribution in [3.05, 3.63) is 64.1 Å². The van der Waals surface area contributed by atoms with Crippen LogP contribution >= 0.6 is 0 Å². The highest BCUT2D eigenvalue weighted by atomic mass is 19.4. The zero-order chi connectivity index (χ0) is 20.6. The molecule has 2 aromatic heterocycles. The molecule has 1 saturated heterocycles. The lowest BCUT2D eigenvalue weighted by Gasteiger charge is -2.13. The number of ether oxygens (including phenoxy) is 1. The molecule has 1 aliphatic rings. The summed E-state index contributed by atoms with van der Waals surface area (Å²) in [6.07, 6.45) is -0.977. The Bertz CT molecular complexity index is 1130. The lowest BCUT2D eigenvalue weighted by molar-refractivity contribution is -0.364. The van der Waals surface area contributed by atoms with Gasteiger partial charge in [0.1, 0.15) is 16.9 Å². The van der Waals surface area contributed by atoms with E-state index in [0.29, 0.717) is 17.4 Å². The normalized spacial score (nSPS) is 14.4. The molecule has 0 atom stereocenters. The smallest absolute Gasteiger partial charge is 0.417 e. The molecule has 0 spiro atoms. The summed E-state index contributed by atoms with van der Waals surface area (Å²) in [6, 6.07) is 7.11. The number of fused-ring (bicyclic) bond motifs is 1. The highest BCUT2D eigenvalue weighted by Crippen LogP contribution is 2.35. The number of hydrogen-bond acceptors (Lipinski definition) is 5. The fourth-order valence-electron chi connectivity index (χ4n) is 3.40. The maximum absolute atomic E-state index is 13.1. The maximum atomic E-state index is 13.1. The zero-order valence-corrected chi connectivity index (χ0v) is 15.1. The summed E-state index contributed by atoms with van der Waals surface area (Å²) in [5, 5.41) is -0.289. The quantitative estimate of drug-likeness (QED) is 0.379. The van der Waals surface area contributed by atoms with Gasteiger partial charge in [0.2, 0.25) is 0 Å². The number of hydrogen-bond donors (Lipinski definition) is 0. The summed E-state index contributed by atoms with van der Waals surface area (Å²) >= 11 is 0. The third-order valence-electron chi connectivity index (χ3n) is 4.71. The van der Waals surface area contributed by atoms with Crippen molar-refractivity contribution < 1.29 is 32.1 Å². The molecule has 1 aromatic carbocycles. The van der Waals surface area contributed by atoms with Crippen LogP contribution in [0.15, 0.2) is 51.8 Å². The van der Waals surface area contributed by atoms with Crippen molar-refractivity contribution in [1.29, 1.82) is 0 Å². The van der Waals surface area contributed by atoms with Crippen molar-refractivity contribution in [3.8, 4) is 5.75 Å². The Morgan fingerprint density at radius 3 is 2.62 bits per heavy atom. The van der Waals surface area contributed by atoms with Crippen LogP contribution in [0.5, 0.6) is 5.75 Å². The van der Waals surface area contributed by atoms with Crippen molar-refractivity contribution in [2.45, 2.75) is 19.0 Å². The number of carbonyl (C=O) groups excluding carboxylic acids is 1. The standard InChI is InChI=1S/C20H15F3N2O4/c21-20(22,23)15-11-17(26)29-16-10-12(5-6-13(15)16)28-19(27)14-4-3-7-24-18(14)25-8-1-2-9-25/h3-7,10-11H,1-2,8-9H2/p+1. The maximum Gasteiger partial charge on any atom is 0.417 e. The molecule has 150 valence electrons. The lowest BCUT2D eigenvalue weighted by Crippen LogP contribution is -2.29. The van der Waals surface area contributed by atoms with Crippen LogP contribution in [0.4, 0.5) is 19.0 Å². The Balaban J connectivity index is 1.67. The number of alkyl halides is 3. The number of nitrogens with one attached hydrogen (secondary N) is 1. The van der Waals surface area contributed by atoms with E-state index in [-0.39, 0.29) is 16.7 Å². The van der Waals surface area contributed by atoms with Crippen molar-refractivity contribution in [3.63, 3.8) is 0 Å². The van der Waals surface area contributed by atoms with Gasteiger partial charge in [-0.2, -0.15) is 13.2 Å². The predicted molar refractivity (Wildman–Crippen MR) is 96.9 cm³/mol. The molecule has 0 saturated carbocycles. The number of benzene rings is 1. The van der Waals surface area contributed by atoms with Gasteiger partial charge in [-0.3, -0.25) is 4.90 Å². The molecule has 6 nitrogen and oxygen atoms in total. The monoisotopic (exact) mass is 405 g/mol. The number of esters is 1. The Labute approximate surface area is 162 Å². The number of H-pyrrole nitrogens is 1. The number of anilines is 1. The number of nitrogens with zero attached hydrogens (tertiary/aromatic N) is 1. The van der Waals surface area contributed by atoms with Gasteiger partial charge in [0, 0.05) is 17.5 Å². The van der Waals surface area contributed by atoms with Crippen LogP contribution in [0.1, 0.15) is 28.8 Å². The van der Waals surface area contributed by atoms with Gasteiger partial charge in [0.25, 0.3) is 5.82 Å². The second-order valence-electron chi connectivity index (χ2n) is 6.65. The first-order valence-corrected chi connectivity index (χ1v) is 8.96. The molecule has 3 heterocycles. The first kappa shape index (κ1) is 19.0. The Morgan fingerprint density at radius 1 is 1.14 bits per heavy atom. The van der Waals surface area contributed by atoms with Crippen molar-refractivity contribution in [2.24, 2.45) is 0 Å². The molecule has 1 aliphatic heterocycles. The topological polar surface area (TPSA) is 73.9 Å². The Kier molecular flexibility index (Phi) is 4.73. The predicted octanol–water partition coefficient (Wildman–Crippen LogP) is 3.45. The molecule has 4 rings (SSSR count). The van der Waals surface area contributed by atoms with Crippen LogP contribution in [-0.4, -0.2) is 19.1 Å². The summed E-state index contributed by atoms with van der Waals surface area (Å²) in [7, 11) is 0. The van der Waals surface area contributed by atoms with Crippen molar-refractivity contribution in [1.82, 2.24) is 0 Å². The van der Waals surface area contributed by atoms with E-state index in [0.717, 1.165) is 38.1 Å². The van der Waals surface area contributed by atoms with E-state index in [9.17, 15) is 22.8 Å². The van der Waals surface area contributed by atoms with E-state index in [1.807, 2.05) is 4.90 Å². The van der Waals surface area contributed by atoms with E-state index in [4.69, 9.17) is 9.15 Å². The molecule has 1 N–H and O–H groups in total. The van der Waals surface area contributed by atoms with Crippen LogP contribution in [0.3, 0.4) is 0 Å². The summed E-state index contributed by atoms with van der Waals surface area (Å²) in [5.41, 5.74) is -2.24. The van der Waals surface area contributed by atoms with Gasteiger partial charge in [-0.1, -0.05) is 0 Å². The number of aromatic nitrogens is 1. The molecule has 0 unspecified atom stereocenters. The van der Waals surface area contributed by atoms with Gasteiger partial charge in [0.05, 0.1) is 24.8 Å². The third-order valence-corrected chi connectivity index (χ3v) is 4.71. The lowest BCUT2D eigenvalue weighted by atomic mass is 10.1. The number of pyridine rings is 1. The van der Waals surface area contributed by atoms with Crippen molar-refractivity contribution >= 4 is 22.8 Å². The van der Waals surface area contributed by atoms with E-state index in [1.165, 1.54) is 6.07 Å². The molecule has 3 aromatic rings. The average molecular weight is 405 g/mol. The number of carbonyl (C=O) groups is 1. The van der Waals surface area contributed by atoms with E-state index in [2.05, 4.69) is 4.98 Å². The van der Waals surface area contributed by atoms with Crippen LogP contribution in [0.25, 0.3) is 11.0 Å². The van der Waals surface area contributed by atoms with Gasteiger partial charge < -0.3 is 9.15 Å². The fraction of sp³-hybridized carbons (Fsp3) is 0.250. The zero-order valence-electron chi connectivity index (χ0n) is 15.1. The molecule has 0 radical (unpaired) electrons. The summed E-state index contributed by atoms with van der Waals surface area (Å²) in [6.45, 7) is 1.62. The second kappa shape index (κ2) is 7.23. The van der Waals surface area contributed by atoms with Crippen LogP contribution in [0.2, 0.25) is 0 Å². The molecule has 9 heteroatoms. The highest BCUT2D eigenvalue weighted by Gasteiger charge is 2.34. The minimum absolute atomic E-state index is 0.0267. The van der Waals surface area contributed by atoms with Crippen LogP contribution in [0, 0.1) is 0 Å². The molecule has 0 bridgehead atoms. The van der Waals surface area contributed by atoms with Gasteiger partial charge in [0.15, 0.2) is 0 Å². The summed E-state index contributed by atoms with van der Waals surface area (Å²) < 4.78 is 49.7. The number of aromatic amines is 1. The minimum atomic E-state index is -4.71. The average Bonchev–Trinajstić information content (AvgIpc) is 3.21. The number of rotatable bonds is 3. The Morgan fingerprint density at radius 2 is 1.90 bits per heavy atom. The van der Waals surface area contributed by atoms with Gasteiger partial charge in [-0.15, -0.1) is 0 Å². The molecule has 0 amide bonds. The van der Waals surface area contributed by atoms with Gasteiger partial charge in [-0.05, 0) is 37.1 Å². The highest BCUT2D eigenvalue weighted by molar-refractivity contribution is 5.96. The number of halogens is 3. The first-order valence-electron chi connectivity index (χ1n) is 8.96. The third kappa shape index (κ3) is 3.80.